The van der Waals surface area contributed by atoms with E-state index < -0.39 is 0 Å². The van der Waals surface area contributed by atoms with Crippen LogP contribution in [-0.2, 0) is 0 Å². The van der Waals surface area contributed by atoms with Crippen molar-refractivity contribution in [3.63, 3.8) is 0 Å². The molecular weight excluding hydrogens is 384 g/mol. The summed E-state index contributed by atoms with van der Waals surface area (Å²) in [6.45, 7) is 0. The van der Waals surface area contributed by atoms with Crippen molar-refractivity contribution < 1.29 is 0 Å². The summed E-state index contributed by atoms with van der Waals surface area (Å²) in [5.74, 6) is 0. The molecule has 0 spiro atoms. The van der Waals surface area contributed by atoms with Crippen molar-refractivity contribution in [2.45, 2.75) is 0 Å². The Morgan fingerprint density at radius 3 is 1.38 bits per heavy atom. The first-order valence-corrected chi connectivity index (χ1v) is 8.82. The number of hydrogen-bond donors (Lipinski definition) is 0. The highest BCUT2D eigenvalue weighted by Crippen LogP contribution is 2.55. The highest BCUT2D eigenvalue weighted by atomic mass is 35.5. The highest BCUT2D eigenvalue weighted by Gasteiger charge is 2.29. The van der Waals surface area contributed by atoms with Crippen molar-refractivity contribution in [3.05, 3.63) is 68.6 Å². The molecular formula is C19H11Cl4N. The molecule has 0 N–H and O–H groups in total. The average Bonchev–Trinajstić information content (AvgIpc) is 2.72. The van der Waals surface area contributed by atoms with Crippen molar-refractivity contribution in [2.24, 2.45) is 0 Å². The number of fused-ring (bicyclic) bond motifs is 5. The van der Waals surface area contributed by atoms with Gasteiger partial charge in [0.1, 0.15) is 0 Å². The van der Waals surface area contributed by atoms with Crippen LogP contribution in [0, 0.1) is 0 Å². The molecule has 3 aromatic carbocycles. The smallest absolute Gasteiger partial charge is 0.0800 e. The van der Waals surface area contributed by atoms with Gasteiger partial charge in [-0.25, -0.2) is 0 Å². The Labute approximate surface area is 160 Å². The lowest BCUT2D eigenvalue weighted by Crippen LogP contribution is -2.09. The van der Waals surface area contributed by atoms with Gasteiger partial charge in [0.25, 0.3) is 0 Å². The zero-order valence-corrected chi connectivity index (χ0v) is 15.6. The fraction of sp³-hybridized carbons (Fsp3) is 0.0526. The minimum atomic E-state index is 0.277. The van der Waals surface area contributed by atoms with E-state index in [9.17, 15) is 0 Å². The van der Waals surface area contributed by atoms with Crippen molar-refractivity contribution in [1.82, 2.24) is 0 Å². The van der Waals surface area contributed by atoms with E-state index in [-0.39, 0.29) is 10.0 Å². The largest absolute Gasteiger partial charge is 0.344 e. The maximum absolute atomic E-state index is 6.61. The summed E-state index contributed by atoms with van der Waals surface area (Å²) in [5, 5.41) is 1.38. The lowest BCUT2D eigenvalue weighted by atomic mass is 9.94. The van der Waals surface area contributed by atoms with Gasteiger partial charge >= 0.3 is 0 Å². The lowest BCUT2D eigenvalue weighted by Gasteiger charge is -2.21. The quantitative estimate of drug-likeness (QED) is 0.278. The van der Waals surface area contributed by atoms with Gasteiger partial charge in [-0.3, -0.25) is 0 Å². The van der Waals surface area contributed by atoms with E-state index in [1.807, 2.05) is 55.6 Å². The summed E-state index contributed by atoms with van der Waals surface area (Å²) in [6.07, 6.45) is 0. The van der Waals surface area contributed by atoms with Gasteiger partial charge in [-0.05, 0) is 12.1 Å². The number of halogens is 4. The third kappa shape index (κ3) is 2.16. The van der Waals surface area contributed by atoms with E-state index in [4.69, 9.17) is 46.4 Å². The Morgan fingerprint density at radius 2 is 0.958 bits per heavy atom. The minimum Gasteiger partial charge on any atom is -0.344 e. The zero-order chi connectivity index (χ0) is 17.0. The van der Waals surface area contributed by atoms with Gasteiger partial charge in [0.15, 0.2) is 0 Å². The molecule has 120 valence electrons. The monoisotopic (exact) mass is 393 g/mol. The second kappa shape index (κ2) is 5.86. The topological polar surface area (TPSA) is 3.24 Å². The van der Waals surface area contributed by atoms with Gasteiger partial charge in [-0.2, -0.15) is 0 Å². The molecule has 0 aliphatic carbocycles. The molecule has 0 amide bonds. The number of benzene rings is 3. The minimum absolute atomic E-state index is 0.277. The second-order valence-electron chi connectivity index (χ2n) is 5.60. The molecule has 24 heavy (non-hydrogen) atoms. The predicted molar refractivity (Wildman–Crippen MR) is 105 cm³/mol. The summed E-state index contributed by atoms with van der Waals surface area (Å²) in [5.41, 5.74) is 5.61. The third-order valence-corrected chi connectivity index (χ3v) is 6.14. The SMILES string of the molecule is CN1c2ccccc2-c2c(Cl)c(Cl)c(Cl)c(Cl)c2-c2ccccc21. The van der Waals surface area contributed by atoms with Crippen LogP contribution < -0.4 is 4.90 Å². The lowest BCUT2D eigenvalue weighted by molar-refractivity contribution is 1.22. The van der Waals surface area contributed by atoms with Crippen LogP contribution in [0.25, 0.3) is 22.3 Å². The third-order valence-electron chi connectivity index (χ3n) is 4.34. The molecule has 1 aliphatic heterocycles. The molecule has 5 heteroatoms. The molecule has 0 unspecified atom stereocenters. The van der Waals surface area contributed by atoms with Crippen LogP contribution in [0.3, 0.4) is 0 Å². The van der Waals surface area contributed by atoms with Gasteiger partial charge in [0.05, 0.1) is 20.1 Å². The molecule has 0 saturated carbocycles. The Kier molecular flexibility index (Phi) is 3.93. The van der Waals surface area contributed by atoms with Crippen LogP contribution in [0.4, 0.5) is 11.4 Å². The van der Waals surface area contributed by atoms with Gasteiger partial charge < -0.3 is 4.90 Å². The van der Waals surface area contributed by atoms with Crippen LogP contribution in [0.1, 0.15) is 0 Å². The first kappa shape index (κ1) is 16.1. The Hall–Kier alpha value is -1.38. The first-order chi connectivity index (χ1) is 11.5. The fourth-order valence-electron chi connectivity index (χ4n) is 3.22. The van der Waals surface area contributed by atoms with Gasteiger partial charge in [-0.15, -0.1) is 0 Å². The van der Waals surface area contributed by atoms with Crippen LogP contribution >= 0.6 is 46.4 Å². The van der Waals surface area contributed by atoms with E-state index in [0.29, 0.717) is 10.0 Å². The van der Waals surface area contributed by atoms with Crippen LogP contribution in [-0.4, -0.2) is 7.05 Å². The summed E-state index contributed by atoms with van der Waals surface area (Å²) < 4.78 is 0. The second-order valence-corrected chi connectivity index (χ2v) is 7.11. The van der Waals surface area contributed by atoms with Crippen molar-refractivity contribution in [2.75, 3.05) is 11.9 Å². The predicted octanol–water partition coefficient (Wildman–Crippen LogP) is 7.72. The summed E-state index contributed by atoms with van der Waals surface area (Å²) in [7, 11) is 2.02. The van der Waals surface area contributed by atoms with Gasteiger partial charge in [0, 0.05) is 40.7 Å². The molecule has 1 heterocycles. The molecule has 1 nitrogen and oxygen atoms in total. The number of anilines is 2. The number of rotatable bonds is 0. The molecule has 1 aliphatic rings. The molecule has 3 aromatic rings. The maximum atomic E-state index is 6.61. The molecule has 4 rings (SSSR count). The van der Waals surface area contributed by atoms with E-state index in [0.717, 1.165) is 33.6 Å². The fourth-order valence-corrected chi connectivity index (χ4v) is 4.28. The molecule has 0 radical (unpaired) electrons. The van der Waals surface area contributed by atoms with Crippen molar-refractivity contribution in [3.8, 4) is 22.3 Å². The summed E-state index contributed by atoms with van der Waals surface area (Å²) >= 11 is 25.9. The molecule has 0 fully saturated rings. The highest BCUT2D eigenvalue weighted by molar-refractivity contribution is 6.54. The van der Waals surface area contributed by atoms with Gasteiger partial charge in [0.2, 0.25) is 0 Å². The molecule has 0 bridgehead atoms. The Bertz CT molecular complexity index is 903. The van der Waals surface area contributed by atoms with E-state index >= 15 is 0 Å². The Balaban J connectivity index is 2.28. The first-order valence-electron chi connectivity index (χ1n) is 7.31. The number of hydrogen-bond acceptors (Lipinski definition) is 1. The van der Waals surface area contributed by atoms with E-state index in [2.05, 4.69) is 4.90 Å². The summed E-state index contributed by atoms with van der Waals surface area (Å²) in [4.78, 5) is 2.12. The average molecular weight is 395 g/mol. The normalized spacial score (nSPS) is 12.3. The van der Waals surface area contributed by atoms with Crippen LogP contribution in [0.5, 0.6) is 0 Å². The van der Waals surface area contributed by atoms with Crippen molar-refractivity contribution >= 4 is 57.8 Å². The van der Waals surface area contributed by atoms with E-state index in [1.165, 1.54) is 0 Å². The number of nitrogens with zero attached hydrogens (tertiary/aromatic N) is 1. The molecule has 0 atom stereocenters. The molecule has 0 saturated heterocycles. The van der Waals surface area contributed by atoms with Crippen LogP contribution in [0.15, 0.2) is 48.5 Å². The van der Waals surface area contributed by atoms with Gasteiger partial charge in [-0.1, -0.05) is 82.8 Å². The van der Waals surface area contributed by atoms with Crippen LogP contribution in [0.2, 0.25) is 20.1 Å². The van der Waals surface area contributed by atoms with E-state index in [1.54, 1.807) is 0 Å². The Morgan fingerprint density at radius 1 is 0.583 bits per heavy atom. The number of para-hydroxylation sites is 2. The summed E-state index contributed by atoms with van der Waals surface area (Å²) in [6, 6.07) is 16.1. The standard InChI is InChI=1S/C19H11Cl4N/c1-24-12-8-4-2-6-10(12)14-15(11-7-3-5-9-13(11)24)17(21)19(23)18(22)16(14)20/h2-9H,1H3. The zero-order valence-electron chi connectivity index (χ0n) is 12.6. The molecule has 0 aromatic heterocycles. The van der Waals surface area contributed by atoms with Crippen molar-refractivity contribution in [1.29, 1.82) is 0 Å². The maximum Gasteiger partial charge on any atom is 0.0800 e.